The van der Waals surface area contributed by atoms with E-state index in [1.54, 1.807) is 0 Å². The zero-order valence-electron chi connectivity index (χ0n) is 13.0. The van der Waals surface area contributed by atoms with Crippen molar-refractivity contribution < 1.29 is 9.53 Å². The Kier molecular flexibility index (Phi) is 6.05. The van der Waals surface area contributed by atoms with Crippen LogP contribution in [-0.4, -0.2) is 42.8 Å². The molecule has 0 radical (unpaired) electrons. The number of ether oxygens (including phenoxy) is 1. The molecule has 0 aromatic heterocycles. The van der Waals surface area contributed by atoms with Gasteiger partial charge in [0.15, 0.2) is 0 Å². The topological polar surface area (TPSA) is 41.6 Å². The van der Waals surface area contributed by atoms with Crippen LogP contribution in [0.2, 0.25) is 0 Å². The van der Waals surface area contributed by atoms with E-state index in [0.717, 1.165) is 32.4 Å². The lowest BCUT2D eigenvalue weighted by molar-refractivity contribution is 0.0944. The van der Waals surface area contributed by atoms with Crippen LogP contribution in [0.25, 0.3) is 0 Å². The number of rotatable bonds is 5. The Morgan fingerprint density at radius 1 is 1.33 bits per heavy atom. The molecule has 116 valence electrons. The van der Waals surface area contributed by atoms with Gasteiger partial charge in [-0.1, -0.05) is 30.3 Å². The first-order valence-electron chi connectivity index (χ1n) is 7.90. The number of nitrogens with zero attached hydrogens (tertiary/aromatic N) is 1. The second-order valence-corrected chi connectivity index (χ2v) is 5.72. The van der Waals surface area contributed by atoms with Crippen molar-refractivity contribution in [2.24, 2.45) is 0 Å². The maximum absolute atomic E-state index is 11.7. The van der Waals surface area contributed by atoms with E-state index in [0.29, 0.717) is 18.7 Å². The molecule has 0 aliphatic carbocycles. The molecule has 1 aromatic carbocycles. The summed E-state index contributed by atoms with van der Waals surface area (Å²) in [6.07, 6.45) is 2.86. The highest BCUT2D eigenvalue weighted by Gasteiger charge is 2.24. The van der Waals surface area contributed by atoms with Gasteiger partial charge in [-0.2, -0.15) is 0 Å². The van der Waals surface area contributed by atoms with E-state index >= 15 is 0 Å². The minimum absolute atomic E-state index is 0.173. The Hall–Kier alpha value is -1.55. The predicted molar refractivity (Wildman–Crippen MR) is 84.4 cm³/mol. The van der Waals surface area contributed by atoms with E-state index < -0.39 is 0 Å². The van der Waals surface area contributed by atoms with Crippen LogP contribution in [0, 0.1) is 0 Å². The average Bonchev–Trinajstić information content (AvgIpc) is 2.49. The van der Waals surface area contributed by atoms with Crippen molar-refractivity contribution in [1.82, 2.24) is 10.2 Å². The SMILES string of the molecule is CCOC(=O)N1CCC(NC(C)Cc2ccccc2)CC1. The van der Waals surface area contributed by atoms with Crippen LogP contribution >= 0.6 is 0 Å². The summed E-state index contributed by atoms with van der Waals surface area (Å²) in [5, 5.41) is 3.68. The minimum Gasteiger partial charge on any atom is -0.450 e. The van der Waals surface area contributed by atoms with Gasteiger partial charge in [-0.3, -0.25) is 0 Å². The highest BCUT2D eigenvalue weighted by Crippen LogP contribution is 2.13. The molecule has 1 fully saturated rings. The standard InChI is InChI=1S/C17H26N2O2/c1-3-21-17(20)19-11-9-16(10-12-19)18-14(2)13-15-7-5-4-6-8-15/h4-8,14,16,18H,3,9-13H2,1-2H3. The Bertz CT molecular complexity index is 428. The minimum atomic E-state index is -0.173. The highest BCUT2D eigenvalue weighted by molar-refractivity contribution is 5.67. The van der Waals surface area contributed by atoms with E-state index in [1.807, 2.05) is 17.9 Å². The van der Waals surface area contributed by atoms with Crippen LogP contribution in [0.15, 0.2) is 30.3 Å². The second-order valence-electron chi connectivity index (χ2n) is 5.72. The summed E-state index contributed by atoms with van der Waals surface area (Å²) in [4.78, 5) is 13.5. The first kappa shape index (κ1) is 15.8. The molecule has 1 N–H and O–H groups in total. The molecule has 21 heavy (non-hydrogen) atoms. The number of hydrogen-bond donors (Lipinski definition) is 1. The van der Waals surface area contributed by atoms with Gasteiger partial charge in [-0.05, 0) is 38.7 Å². The highest BCUT2D eigenvalue weighted by atomic mass is 16.6. The molecular formula is C17H26N2O2. The number of benzene rings is 1. The fourth-order valence-corrected chi connectivity index (χ4v) is 2.87. The van der Waals surface area contributed by atoms with Crippen LogP contribution in [0.1, 0.15) is 32.3 Å². The molecule has 1 heterocycles. The van der Waals surface area contributed by atoms with E-state index in [4.69, 9.17) is 4.74 Å². The van der Waals surface area contributed by atoms with E-state index in [2.05, 4.69) is 36.5 Å². The van der Waals surface area contributed by atoms with E-state index in [9.17, 15) is 4.79 Å². The van der Waals surface area contributed by atoms with Crippen molar-refractivity contribution >= 4 is 6.09 Å². The first-order chi connectivity index (χ1) is 10.2. The molecule has 1 aliphatic rings. The van der Waals surface area contributed by atoms with Crippen molar-refractivity contribution in [2.75, 3.05) is 19.7 Å². The van der Waals surface area contributed by atoms with Gasteiger partial charge < -0.3 is 15.0 Å². The van der Waals surface area contributed by atoms with E-state index in [1.165, 1.54) is 5.56 Å². The maximum atomic E-state index is 11.7. The molecule has 0 bridgehead atoms. The van der Waals surface area contributed by atoms with Crippen molar-refractivity contribution in [3.63, 3.8) is 0 Å². The number of hydrogen-bond acceptors (Lipinski definition) is 3. The number of carbonyl (C=O) groups is 1. The number of nitrogens with one attached hydrogen (secondary N) is 1. The van der Waals surface area contributed by atoms with Crippen molar-refractivity contribution in [1.29, 1.82) is 0 Å². The summed E-state index contributed by atoms with van der Waals surface area (Å²) in [6, 6.07) is 11.5. The monoisotopic (exact) mass is 290 g/mol. The number of carbonyl (C=O) groups excluding carboxylic acids is 1. The third-order valence-corrected chi connectivity index (χ3v) is 3.93. The van der Waals surface area contributed by atoms with Crippen molar-refractivity contribution in [3.05, 3.63) is 35.9 Å². The van der Waals surface area contributed by atoms with Gasteiger partial charge in [-0.15, -0.1) is 0 Å². The fourth-order valence-electron chi connectivity index (χ4n) is 2.87. The van der Waals surface area contributed by atoms with Gasteiger partial charge in [0.25, 0.3) is 0 Å². The molecule has 4 nitrogen and oxygen atoms in total. The lowest BCUT2D eigenvalue weighted by Gasteiger charge is -2.33. The van der Waals surface area contributed by atoms with Crippen molar-refractivity contribution in [2.45, 2.75) is 45.2 Å². The normalized spacial score (nSPS) is 17.5. The zero-order chi connectivity index (χ0) is 15.1. The summed E-state index contributed by atoms with van der Waals surface area (Å²) < 4.78 is 5.04. The molecule has 0 saturated carbocycles. The molecule has 1 saturated heterocycles. The second kappa shape index (κ2) is 8.03. The summed E-state index contributed by atoms with van der Waals surface area (Å²) in [5.74, 6) is 0. The largest absolute Gasteiger partial charge is 0.450 e. The average molecular weight is 290 g/mol. The molecule has 0 spiro atoms. The van der Waals surface area contributed by atoms with Gasteiger partial charge in [0.1, 0.15) is 0 Å². The van der Waals surface area contributed by atoms with Crippen LogP contribution in [0.3, 0.4) is 0 Å². The van der Waals surface area contributed by atoms with Crippen molar-refractivity contribution in [3.8, 4) is 0 Å². The van der Waals surface area contributed by atoms with E-state index in [-0.39, 0.29) is 6.09 Å². The lowest BCUT2D eigenvalue weighted by atomic mass is 10.0. The summed E-state index contributed by atoms with van der Waals surface area (Å²) in [6.45, 7) is 6.09. The fraction of sp³-hybridized carbons (Fsp3) is 0.588. The summed E-state index contributed by atoms with van der Waals surface area (Å²) in [5.41, 5.74) is 1.36. The lowest BCUT2D eigenvalue weighted by Crippen LogP contribution is -2.47. The molecule has 2 rings (SSSR count). The number of likely N-dealkylation sites (tertiary alicyclic amines) is 1. The summed E-state index contributed by atoms with van der Waals surface area (Å²) in [7, 11) is 0. The molecule has 1 atom stereocenters. The summed E-state index contributed by atoms with van der Waals surface area (Å²) >= 11 is 0. The van der Waals surface area contributed by atoms with Gasteiger partial charge in [0, 0.05) is 25.2 Å². The predicted octanol–water partition coefficient (Wildman–Crippen LogP) is 2.83. The maximum Gasteiger partial charge on any atom is 0.409 e. The Labute approximate surface area is 127 Å². The Balaban J connectivity index is 1.72. The number of amides is 1. The van der Waals surface area contributed by atoms with Crippen LogP contribution in [0.5, 0.6) is 0 Å². The third kappa shape index (κ3) is 5.05. The Morgan fingerprint density at radius 3 is 2.62 bits per heavy atom. The number of piperidine rings is 1. The smallest absolute Gasteiger partial charge is 0.409 e. The quantitative estimate of drug-likeness (QED) is 0.906. The molecule has 4 heteroatoms. The van der Waals surface area contributed by atoms with Crippen LogP contribution < -0.4 is 5.32 Å². The molecule has 1 aromatic rings. The van der Waals surface area contributed by atoms with Crippen LogP contribution in [0.4, 0.5) is 4.79 Å². The molecule has 1 amide bonds. The first-order valence-corrected chi connectivity index (χ1v) is 7.90. The van der Waals surface area contributed by atoms with Gasteiger partial charge in [0.05, 0.1) is 6.61 Å². The molecule has 1 unspecified atom stereocenters. The Morgan fingerprint density at radius 2 is 2.00 bits per heavy atom. The zero-order valence-corrected chi connectivity index (χ0v) is 13.0. The van der Waals surface area contributed by atoms with Gasteiger partial charge in [-0.25, -0.2) is 4.79 Å². The van der Waals surface area contributed by atoms with Gasteiger partial charge in [0.2, 0.25) is 0 Å². The molecule has 1 aliphatic heterocycles. The van der Waals surface area contributed by atoms with Gasteiger partial charge >= 0.3 is 6.09 Å². The molecular weight excluding hydrogens is 264 g/mol. The third-order valence-electron chi connectivity index (χ3n) is 3.93. The van der Waals surface area contributed by atoms with Crippen LogP contribution in [-0.2, 0) is 11.2 Å².